The summed E-state index contributed by atoms with van der Waals surface area (Å²) in [5.41, 5.74) is -5.88. The van der Waals surface area contributed by atoms with E-state index in [2.05, 4.69) is 0 Å². The normalized spacial score (nSPS) is 19.2. The summed E-state index contributed by atoms with van der Waals surface area (Å²) >= 11 is 0. The van der Waals surface area contributed by atoms with E-state index in [0.29, 0.717) is 24.3 Å². The smallest absolute Gasteiger partial charge is 0.338 e. The van der Waals surface area contributed by atoms with E-state index in [9.17, 15) is 122 Å². The van der Waals surface area contributed by atoms with Gasteiger partial charge in [0.15, 0.2) is 117 Å². The van der Waals surface area contributed by atoms with Crippen LogP contribution in [0.5, 0.6) is 138 Å². The third-order valence-corrected chi connectivity index (χ3v) is 16.5. The minimum Gasteiger partial charge on any atom is -0.508 e. The molecule has 30 heteroatoms. The molecule has 3 aliphatic rings. The number of aromatic hydroxyl groups is 21. The fourth-order valence-corrected chi connectivity index (χ4v) is 12.0. The number of hydrogen-bond donors (Lipinski definition) is 21. The molecule has 0 saturated heterocycles. The molecule has 0 aromatic heterocycles. The van der Waals surface area contributed by atoms with Crippen LogP contribution in [0.3, 0.4) is 0 Å². The fourth-order valence-electron chi connectivity index (χ4n) is 12.0. The van der Waals surface area contributed by atoms with Crippen molar-refractivity contribution in [2.75, 3.05) is 0 Å². The monoisotopic (exact) mass is 1320 g/mol. The Balaban J connectivity index is 1.12. The van der Waals surface area contributed by atoms with Crippen molar-refractivity contribution in [3.63, 3.8) is 0 Å². The number of benzene rings is 9. The molecule has 0 spiro atoms. The molecular weight excluding hydrogens is 1270 g/mol. The Morgan fingerprint density at radius 1 is 0.302 bits per heavy atom. The molecule has 96 heavy (non-hydrogen) atoms. The third-order valence-electron chi connectivity index (χ3n) is 16.5. The molecule has 0 amide bonds. The number of fused-ring (bicyclic) bond motifs is 3. The predicted octanol–water partition coefficient (Wildman–Crippen LogP) is 7.39. The van der Waals surface area contributed by atoms with E-state index in [-0.39, 0.29) is 16.7 Å². The lowest BCUT2D eigenvalue weighted by Crippen LogP contribution is -2.40. The molecule has 0 unspecified atom stereocenters. The SMILES string of the molecule is O=C(O[C@@H]1[C@@H](c2c(O)cc3c(c2O)[C@H](c2c(O)cc4c(c2O)C[C@@H](OC(=O)c2cc(O)c(O)c(O)c2)[C@@H](c2ccc(O)c(O)c2)O4)[C@@H](OC(=O)c2cc(O)c(O)c(O)c2)[C@@H](c2ccc(O)c(O)c2)O3)c2c(O)cc(O)cc2O[C@@H]1c1ccc(O)c(O)c1)c1cc(O)c(O)c(O)c1. The molecule has 9 aromatic rings. The van der Waals surface area contributed by atoms with Gasteiger partial charge in [-0.1, -0.05) is 18.2 Å². The molecule has 0 bridgehead atoms. The standard InChI is InChI=1S/C66H50O30/c67-27-16-35(74)48-45(17-27)92-60(22-2-5-30(69)33(72)8-22)62(95-65(89)25-12-40(79)56(85)41(80)13-25)52(48)50-37(76)20-46-51(58(50)87)53(63(61(93-46)23-3-6-31(70)34(73)9-23)96-66(90)26-14-42(81)57(86)43(82)15-26)49-36(75)19-44-28(54(49)83)18-47(59(91-44)21-1-4-29(68)32(71)7-21)94-64(88)24-10-38(77)55(84)39(78)11-24/h1-17,19-20,47,52-53,59-63,67-87H,18H2/t47-,52-,53+,59-,60-,61-,62-,63-/m1/s1. The Labute approximate surface area is 535 Å². The van der Waals surface area contributed by atoms with Gasteiger partial charge in [0.05, 0.1) is 28.5 Å². The number of rotatable bonds is 11. The zero-order valence-electron chi connectivity index (χ0n) is 48.4. The molecule has 0 aliphatic carbocycles. The van der Waals surface area contributed by atoms with Crippen molar-refractivity contribution in [2.24, 2.45) is 0 Å². The van der Waals surface area contributed by atoms with Crippen molar-refractivity contribution in [1.29, 1.82) is 0 Å². The van der Waals surface area contributed by atoms with Crippen LogP contribution in [0.2, 0.25) is 0 Å². The number of carbonyl (C=O) groups is 3. The van der Waals surface area contributed by atoms with E-state index in [1.54, 1.807) is 0 Å². The Morgan fingerprint density at radius 3 is 1.06 bits per heavy atom. The van der Waals surface area contributed by atoms with Crippen molar-refractivity contribution in [3.05, 3.63) is 176 Å². The van der Waals surface area contributed by atoms with Crippen molar-refractivity contribution >= 4 is 17.9 Å². The van der Waals surface area contributed by atoms with Crippen molar-refractivity contribution < 1.29 is 150 Å². The van der Waals surface area contributed by atoms with Crippen LogP contribution in [0, 0.1) is 0 Å². The van der Waals surface area contributed by atoms with Crippen molar-refractivity contribution in [2.45, 2.75) is 54.9 Å². The number of carbonyl (C=O) groups excluding carboxylic acids is 3. The fraction of sp³-hybridized carbons (Fsp3) is 0.136. The topological polar surface area (TPSA) is 531 Å². The molecule has 0 radical (unpaired) electrons. The summed E-state index contributed by atoms with van der Waals surface area (Å²) in [6.45, 7) is 0. The summed E-state index contributed by atoms with van der Waals surface area (Å²) in [6.07, 6.45) is -12.3. The molecule has 0 saturated carbocycles. The Morgan fingerprint density at radius 2 is 0.646 bits per heavy atom. The van der Waals surface area contributed by atoms with E-state index < -0.39 is 255 Å². The average Bonchev–Trinajstić information content (AvgIpc) is 0.716. The summed E-state index contributed by atoms with van der Waals surface area (Å²) in [5, 5.41) is 232. The zero-order chi connectivity index (χ0) is 68.9. The quantitative estimate of drug-likeness (QED) is 0.0341. The van der Waals surface area contributed by atoms with Gasteiger partial charge in [-0.15, -0.1) is 0 Å². The molecule has 3 heterocycles. The number of phenolic OH excluding ortho intramolecular Hbond substituents is 21. The van der Waals surface area contributed by atoms with E-state index in [4.69, 9.17) is 28.4 Å². The van der Waals surface area contributed by atoms with E-state index in [1.165, 1.54) is 6.07 Å². The maximum absolute atomic E-state index is 14.8. The minimum absolute atomic E-state index is 0.0363. The van der Waals surface area contributed by atoms with Crippen molar-refractivity contribution in [3.8, 4) is 138 Å². The van der Waals surface area contributed by atoms with Gasteiger partial charge in [-0.25, -0.2) is 14.4 Å². The maximum atomic E-state index is 14.8. The molecule has 3 aliphatic heterocycles. The summed E-state index contributed by atoms with van der Waals surface area (Å²) in [7, 11) is 0. The van der Waals surface area contributed by atoms with E-state index in [0.717, 1.165) is 84.9 Å². The lowest BCUT2D eigenvalue weighted by atomic mass is 9.73. The summed E-state index contributed by atoms with van der Waals surface area (Å²) in [4.78, 5) is 43.4. The number of phenols is 21. The van der Waals surface area contributed by atoms with Crippen molar-refractivity contribution in [1.82, 2.24) is 0 Å². The highest BCUT2D eigenvalue weighted by molar-refractivity contribution is 5.93. The molecule has 494 valence electrons. The van der Waals surface area contributed by atoms with Gasteiger partial charge in [-0.2, -0.15) is 0 Å². The molecule has 8 atom stereocenters. The average molecular weight is 1320 g/mol. The predicted molar refractivity (Wildman–Crippen MR) is 318 cm³/mol. The van der Waals surface area contributed by atoms with Crippen LogP contribution in [-0.2, 0) is 20.6 Å². The molecule has 9 aromatic carbocycles. The third kappa shape index (κ3) is 10.8. The van der Waals surface area contributed by atoms with E-state index >= 15 is 0 Å². The van der Waals surface area contributed by atoms with Crippen LogP contribution in [0.1, 0.15) is 106 Å². The molecule has 30 nitrogen and oxygen atoms in total. The second-order valence-corrected chi connectivity index (χ2v) is 22.4. The lowest BCUT2D eigenvalue weighted by Gasteiger charge is -2.43. The van der Waals surface area contributed by atoms with Gasteiger partial charge in [0, 0.05) is 75.2 Å². The Bertz CT molecular complexity index is 4680. The first-order valence-corrected chi connectivity index (χ1v) is 28.1. The second kappa shape index (κ2) is 23.4. The minimum atomic E-state index is -2.28. The van der Waals surface area contributed by atoms with Gasteiger partial charge in [0.1, 0.15) is 57.8 Å². The first kappa shape index (κ1) is 62.8. The number of hydrogen-bond acceptors (Lipinski definition) is 30. The lowest BCUT2D eigenvalue weighted by molar-refractivity contribution is -0.0293. The summed E-state index contributed by atoms with van der Waals surface area (Å²) in [5.74, 6) is -30.2. The summed E-state index contributed by atoms with van der Waals surface area (Å²) < 4.78 is 37.4. The Hall–Kier alpha value is -13.4. The van der Waals surface area contributed by atoms with Crippen LogP contribution in [-0.4, -0.2) is 143 Å². The first-order valence-electron chi connectivity index (χ1n) is 28.1. The highest BCUT2D eigenvalue weighted by Gasteiger charge is 2.53. The largest absolute Gasteiger partial charge is 0.508 e. The van der Waals surface area contributed by atoms with Gasteiger partial charge in [0.2, 0.25) is 0 Å². The van der Waals surface area contributed by atoms with Crippen LogP contribution in [0.25, 0.3) is 0 Å². The van der Waals surface area contributed by atoms with Gasteiger partial charge < -0.3 is 136 Å². The van der Waals surface area contributed by atoms with Crippen LogP contribution < -0.4 is 14.2 Å². The second-order valence-electron chi connectivity index (χ2n) is 22.4. The van der Waals surface area contributed by atoms with E-state index in [1.807, 2.05) is 0 Å². The number of ether oxygens (including phenoxy) is 6. The molecule has 12 rings (SSSR count). The zero-order valence-corrected chi connectivity index (χ0v) is 48.4. The van der Waals surface area contributed by atoms with Gasteiger partial charge in [-0.05, 0) is 72.8 Å². The van der Waals surface area contributed by atoms with Gasteiger partial charge >= 0.3 is 17.9 Å². The van der Waals surface area contributed by atoms with Crippen LogP contribution in [0.15, 0.2) is 115 Å². The van der Waals surface area contributed by atoms with Gasteiger partial charge in [-0.3, -0.25) is 0 Å². The van der Waals surface area contributed by atoms with Crippen LogP contribution >= 0.6 is 0 Å². The number of esters is 3. The molecule has 21 N–H and O–H groups in total. The molecule has 0 fully saturated rings. The highest BCUT2D eigenvalue weighted by atomic mass is 16.6. The molecular formula is C66H50O30. The maximum Gasteiger partial charge on any atom is 0.338 e. The highest BCUT2D eigenvalue weighted by Crippen LogP contribution is 2.63. The van der Waals surface area contributed by atoms with Gasteiger partial charge in [0.25, 0.3) is 0 Å². The van der Waals surface area contributed by atoms with Crippen LogP contribution in [0.4, 0.5) is 0 Å². The summed E-state index contributed by atoms with van der Waals surface area (Å²) in [6, 6.07) is 16.6. The Kier molecular flexibility index (Phi) is 15.3. The first-order chi connectivity index (χ1) is 45.5.